The molecule has 2 aliphatic rings. The topological polar surface area (TPSA) is 32.3 Å². The summed E-state index contributed by atoms with van der Waals surface area (Å²) in [6, 6.07) is 17.6. The number of benzene rings is 2. The van der Waals surface area contributed by atoms with Crippen molar-refractivity contribution < 1.29 is 5.11 Å². The third-order valence-corrected chi connectivity index (χ3v) is 5.65. The van der Waals surface area contributed by atoms with Crippen molar-refractivity contribution in [3.63, 3.8) is 0 Å². The average molecular weight is 307 g/mol. The van der Waals surface area contributed by atoms with Gasteiger partial charge in [0, 0.05) is 12.5 Å². The molecule has 120 valence electrons. The Hall–Kier alpha value is -1.64. The molecule has 23 heavy (non-hydrogen) atoms. The summed E-state index contributed by atoms with van der Waals surface area (Å²) in [6.07, 6.45) is 1.57. The van der Waals surface area contributed by atoms with Crippen LogP contribution in [0, 0.1) is 5.92 Å². The van der Waals surface area contributed by atoms with E-state index in [9.17, 15) is 5.11 Å². The van der Waals surface area contributed by atoms with E-state index in [4.69, 9.17) is 0 Å². The maximum atomic E-state index is 10.5. The van der Waals surface area contributed by atoms with Gasteiger partial charge in [-0.25, -0.2) is 0 Å². The standard InChI is InChI=1S/C21H25NO/c1-13(2)18-12-19(17-10-6-5-9-16(17)18)22-21-15-8-4-3-7-14(15)11-20(21)23/h3-10,13,18-23H,11-12H2,1-2H3/t18?,19?,20-,21-/m1/s1. The predicted octanol–water partition coefficient (Wildman–Crippen LogP) is 4.12. The fraction of sp³-hybridized carbons (Fsp3) is 0.429. The van der Waals surface area contributed by atoms with Crippen LogP contribution in [-0.2, 0) is 6.42 Å². The van der Waals surface area contributed by atoms with Crippen LogP contribution in [0.15, 0.2) is 48.5 Å². The second kappa shape index (κ2) is 5.77. The number of fused-ring (bicyclic) bond motifs is 2. The third kappa shape index (κ3) is 2.50. The number of hydrogen-bond donors (Lipinski definition) is 2. The van der Waals surface area contributed by atoms with Gasteiger partial charge in [-0.15, -0.1) is 0 Å². The van der Waals surface area contributed by atoms with Crippen LogP contribution in [0.4, 0.5) is 0 Å². The smallest absolute Gasteiger partial charge is 0.0775 e. The molecule has 2 aromatic rings. The van der Waals surface area contributed by atoms with Gasteiger partial charge in [-0.2, -0.15) is 0 Å². The lowest BCUT2D eigenvalue weighted by Gasteiger charge is -2.24. The van der Waals surface area contributed by atoms with Crippen molar-refractivity contribution in [2.24, 2.45) is 5.92 Å². The molecule has 4 atom stereocenters. The largest absolute Gasteiger partial charge is 0.391 e. The van der Waals surface area contributed by atoms with E-state index < -0.39 is 0 Å². The molecule has 0 aliphatic heterocycles. The zero-order valence-electron chi connectivity index (χ0n) is 13.9. The van der Waals surface area contributed by atoms with Gasteiger partial charge in [-0.05, 0) is 40.5 Å². The Labute approximate surface area is 138 Å². The van der Waals surface area contributed by atoms with Gasteiger partial charge in [0.15, 0.2) is 0 Å². The van der Waals surface area contributed by atoms with Crippen LogP contribution in [0.1, 0.15) is 60.5 Å². The average Bonchev–Trinajstić information content (AvgIpc) is 3.07. The van der Waals surface area contributed by atoms with E-state index in [-0.39, 0.29) is 12.1 Å². The molecule has 0 saturated heterocycles. The number of rotatable bonds is 3. The van der Waals surface area contributed by atoms with Crippen molar-refractivity contribution in [1.29, 1.82) is 0 Å². The first-order chi connectivity index (χ1) is 11.1. The van der Waals surface area contributed by atoms with E-state index in [1.165, 1.54) is 22.3 Å². The molecule has 0 bridgehead atoms. The highest BCUT2D eigenvalue weighted by atomic mass is 16.3. The van der Waals surface area contributed by atoms with Crippen molar-refractivity contribution in [2.75, 3.05) is 0 Å². The Morgan fingerprint density at radius 1 is 0.957 bits per heavy atom. The normalized spacial score (nSPS) is 28.9. The van der Waals surface area contributed by atoms with Gasteiger partial charge < -0.3 is 10.4 Å². The lowest BCUT2D eigenvalue weighted by Crippen LogP contribution is -2.31. The summed E-state index contributed by atoms with van der Waals surface area (Å²) in [7, 11) is 0. The first kappa shape index (κ1) is 14.9. The lowest BCUT2D eigenvalue weighted by molar-refractivity contribution is 0.133. The number of aliphatic hydroxyl groups is 1. The molecule has 0 aromatic heterocycles. The van der Waals surface area contributed by atoms with Gasteiger partial charge in [-0.1, -0.05) is 62.4 Å². The minimum absolute atomic E-state index is 0.0511. The van der Waals surface area contributed by atoms with Crippen LogP contribution in [0.25, 0.3) is 0 Å². The second-order valence-corrected chi connectivity index (χ2v) is 7.38. The quantitative estimate of drug-likeness (QED) is 0.894. The third-order valence-electron chi connectivity index (χ3n) is 5.65. The number of hydrogen-bond acceptors (Lipinski definition) is 2. The van der Waals surface area contributed by atoms with Crippen LogP contribution in [0.5, 0.6) is 0 Å². The Morgan fingerprint density at radius 3 is 2.35 bits per heavy atom. The minimum atomic E-state index is -0.322. The van der Waals surface area contributed by atoms with Crippen LogP contribution in [0.2, 0.25) is 0 Å². The molecular formula is C21H25NO. The Morgan fingerprint density at radius 2 is 1.61 bits per heavy atom. The van der Waals surface area contributed by atoms with E-state index in [1.807, 2.05) is 0 Å². The van der Waals surface area contributed by atoms with E-state index in [2.05, 4.69) is 67.7 Å². The van der Waals surface area contributed by atoms with Crippen LogP contribution >= 0.6 is 0 Å². The van der Waals surface area contributed by atoms with Crippen LogP contribution < -0.4 is 5.32 Å². The van der Waals surface area contributed by atoms with Gasteiger partial charge in [0.05, 0.1) is 12.1 Å². The summed E-state index contributed by atoms with van der Waals surface area (Å²) >= 11 is 0. The molecule has 0 amide bonds. The van der Waals surface area contributed by atoms with Crippen molar-refractivity contribution in [3.05, 3.63) is 70.8 Å². The highest BCUT2D eigenvalue weighted by Crippen LogP contribution is 2.45. The lowest BCUT2D eigenvalue weighted by atomic mass is 9.90. The molecule has 2 N–H and O–H groups in total. The maximum Gasteiger partial charge on any atom is 0.0775 e. The summed E-state index contributed by atoms with van der Waals surface area (Å²) < 4.78 is 0. The Bertz CT molecular complexity index is 708. The molecule has 0 saturated carbocycles. The molecule has 0 spiro atoms. The van der Waals surface area contributed by atoms with Crippen molar-refractivity contribution in [2.45, 2.75) is 50.8 Å². The summed E-state index contributed by atoms with van der Waals surface area (Å²) in [4.78, 5) is 0. The Kier molecular flexibility index (Phi) is 3.74. The van der Waals surface area contributed by atoms with E-state index in [0.29, 0.717) is 17.9 Å². The van der Waals surface area contributed by atoms with E-state index >= 15 is 0 Å². The first-order valence-corrected chi connectivity index (χ1v) is 8.76. The van der Waals surface area contributed by atoms with E-state index in [0.717, 1.165) is 12.8 Å². The highest BCUT2D eigenvalue weighted by Gasteiger charge is 2.37. The van der Waals surface area contributed by atoms with Gasteiger partial charge in [-0.3, -0.25) is 0 Å². The number of aliphatic hydroxyl groups excluding tert-OH is 1. The summed E-state index contributed by atoms with van der Waals surface area (Å²) in [5, 5.41) is 14.3. The summed E-state index contributed by atoms with van der Waals surface area (Å²) in [5.74, 6) is 1.25. The maximum absolute atomic E-state index is 10.5. The first-order valence-electron chi connectivity index (χ1n) is 8.76. The predicted molar refractivity (Wildman–Crippen MR) is 93.4 cm³/mol. The molecule has 2 unspecified atom stereocenters. The fourth-order valence-corrected chi connectivity index (χ4v) is 4.45. The van der Waals surface area contributed by atoms with Gasteiger partial charge in [0.2, 0.25) is 0 Å². The van der Waals surface area contributed by atoms with Crippen LogP contribution in [0.3, 0.4) is 0 Å². The van der Waals surface area contributed by atoms with Crippen molar-refractivity contribution in [3.8, 4) is 0 Å². The highest BCUT2D eigenvalue weighted by molar-refractivity contribution is 5.41. The van der Waals surface area contributed by atoms with E-state index in [1.54, 1.807) is 0 Å². The van der Waals surface area contributed by atoms with Gasteiger partial charge in [0.1, 0.15) is 0 Å². The second-order valence-electron chi connectivity index (χ2n) is 7.38. The van der Waals surface area contributed by atoms with Gasteiger partial charge >= 0.3 is 0 Å². The molecule has 0 radical (unpaired) electrons. The molecule has 0 heterocycles. The minimum Gasteiger partial charge on any atom is -0.391 e. The zero-order chi connectivity index (χ0) is 16.0. The molecular weight excluding hydrogens is 282 g/mol. The summed E-state index contributed by atoms with van der Waals surface area (Å²) in [6.45, 7) is 4.62. The number of nitrogens with one attached hydrogen (secondary N) is 1. The monoisotopic (exact) mass is 307 g/mol. The molecule has 2 heteroatoms. The van der Waals surface area contributed by atoms with Crippen LogP contribution in [-0.4, -0.2) is 11.2 Å². The fourth-order valence-electron chi connectivity index (χ4n) is 4.45. The van der Waals surface area contributed by atoms with Gasteiger partial charge in [0.25, 0.3) is 0 Å². The van der Waals surface area contributed by atoms with Crippen molar-refractivity contribution >= 4 is 0 Å². The molecule has 2 nitrogen and oxygen atoms in total. The molecule has 0 fully saturated rings. The Balaban J connectivity index is 1.63. The zero-order valence-corrected chi connectivity index (χ0v) is 13.9. The molecule has 2 aliphatic carbocycles. The SMILES string of the molecule is CC(C)C1CC(N[C@@H]2c3ccccc3C[C@H]2O)c2ccccc21. The molecule has 2 aromatic carbocycles. The van der Waals surface area contributed by atoms with Crippen molar-refractivity contribution in [1.82, 2.24) is 5.32 Å². The molecule has 4 rings (SSSR count). The summed E-state index contributed by atoms with van der Waals surface area (Å²) in [5.41, 5.74) is 5.46.